The molecule has 0 spiro atoms. The highest BCUT2D eigenvalue weighted by atomic mass is 15.1. The van der Waals surface area contributed by atoms with Crippen LogP contribution in [0, 0.1) is 0 Å². The first-order valence-electron chi connectivity index (χ1n) is 10.6. The van der Waals surface area contributed by atoms with Crippen LogP contribution in [0.2, 0.25) is 0 Å². The van der Waals surface area contributed by atoms with Crippen LogP contribution in [0.4, 0.5) is 0 Å². The summed E-state index contributed by atoms with van der Waals surface area (Å²) in [7, 11) is 0. The molecule has 1 saturated heterocycles. The summed E-state index contributed by atoms with van der Waals surface area (Å²) in [6.45, 7) is 5.69. The standard InChI is InChI=1S/C24H30N4/c1-2-23-25-15-19-28(23)24-12-6-11-22(26-24)21-13-17-27(18-14-21)16-7-10-20-8-4-3-5-9-20/h3-6,8-9,11-12,15,19,21H,2,7,10,13-14,16-18H2,1H3. The minimum Gasteiger partial charge on any atom is -0.303 e. The van der Waals surface area contributed by atoms with Crippen molar-refractivity contribution in [1.82, 2.24) is 19.4 Å². The monoisotopic (exact) mass is 374 g/mol. The lowest BCUT2D eigenvalue weighted by Crippen LogP contribution is -2.34. The third-order valence-electron chi connectivity index (χ3n) is 5.82. The zero-order valence-corrected chi connectivity index (χ0v) is 16.8. The van der Waals surface area contributed by atoms with E-state index in [4.69, 9.17) is 4.98 Å². The summed E-state index contributed by atoms with van der Waals surface area (Å²) >= 11 is 0. The van der Waals surface area contributed by atoms with E-state index in [1.807, 2.05) is 12.4 Å². The molecule has 0 atom stereocenters. The minimum absolute atomic E-state index is 0.568. The highest BCUT2D eigenvalue weighted by molar-refractivity contribution is 5.28. The smallest absolute Gasteiger partial charge is 0.138 e. The highest BCUT2D eigenvalue weighted by Gasteiger charge is 2.21. The second kappa shape index (κ2) is 9.16. The fraction of sp³-hybridized carbons (Fsp3) is 0.417. The molecule has 0 N–H and O–H groups in total. The van der Waals surface area contributed by atoms with Crippen molar-refractivity contribution in [3.63, 3.8) is 0 Å². The van der Waals surface area contributed by atoms with Crippen molar-refractivity contribution in [3.05, 3.63) is 78.0 Å². The van der Waals surface area contributed by atoms with E-state index in [0.29, 0.717) is 5.92 Å². The predicted octanol–water partition coefficient (Wildman–Crippen LogP) is 4.64. The van der Waals surface area contributed by atoms with Crippen molar-refractivity contribution >= 4 is 0 Å². The molecule has 0 bridgehead atoms. The quantitative estimate of drug-likeness (QED) is 0.604. The van der Waals surface area contributed by atoms with Crippen molar-refractivity contribution in [2.24, 2.45) is 0 Å². The van der Waals surface area contributed by atoms with Gasteiger partial charge >= 0.3 is 0 Å². The van der Waals surface area contributed by atoms with Gasteiger partial charge in [-0.25, -0.2) is 9.97 Å². The summed E-state index contributed by atoms with van der Waals surface area (Å²) in [5, 5.41) is 0. The maximum absolute atomic E-state index is 4.98. The number of aromatic nitrogens is 3. The summed E-state index contributed by atoms with van der Waals surface area (Å²) in [6.07, 6.45) is 9.61. The van der Waals surface area contributed by atoms with Crippen LogP contribution in [0.3, 0.4) is 0 Å². The molecule has 1 aliphatic rings. The Morgan fingerprint density at radius 2 is 1.82 bits per heavy atom. The Bertz CT molecular complexity index is 863. The van der Waals surface area contributed by atoms with Crippen molar-refractivity contribution in [1.29, 1.82) is 0 Å². The molecule has 4 heteroatoms. The Morgan fingerprint density at radius 3 is 2.61 bits per heavy atom. The van der Waals surface area contributed by atoms with Gasteiger partial charge in [-0.1, -0.05) is 43.3 Å². The first-order valence-corrected chi connectivity index (χ1v) is 10.6. The molecular weight excluding hydrogens is 344 g/mol. The van der Waals surface area contributed by atoms with Crippen LogP contribution in [-0.2, 0) is 12.8 Å². The van der Waals surface area contributed by atoms with Crippen LogP contribution in [0.1, 0.15) is 49.2 Å². The Balaban J connectivity index is 1.31. The van der Waals surface area contributed by atoms with Gasteiger partial charge in [0.25, 0.3) is 0 Å². The maximum Gasteiger partial charge on any atom is 0.138 e. The number of imidazole rings is 1. The number of rotatable bonds is 7. The number of pyridine rings is 1. The molecule has 0 unspecified atom stereocenters. The average molecular weight is 375 g/mol. The van der Waals surface area contributed by atoms with Crippen molar-refractivity contribution in [3.8, 4) is 5.82 Å². The van der Waals surface area contributed by atoms with Gasteiger partial charge < -0.3 is 4.90 Å². The molecule has 3 heterocycles. The number of likely N-dealkylation sites (tertiary alicyclic amines) is 1. The van der Waals surface area contributed by atoms with E-state index in [0.717, 1.165) is 18.1 Å². The Labute approximate surface area is 168 Å². The van der Waals surface area contributed by atoms with Gasteiger partial charge in [-0.3, -0.25) is 4.57 Å². The number of piperidine rings is 1. The summed E-state index contributed by atoms with van der Waals surface area (Å²) in [5.74, 6) is 2.63. The van der Waals surface area contributed by atoms with Crippen LogP contribution in [0.15, 0.2) is 60.9 Å². The van der Waals surface area contributed by atoms with Crippen molar-refractivity contribution < 1.29 is 0 Å². The number of benzene rings is 1. The van der Waals surface area contributed by atoms with E-state index in [1.165, 1.54) is 56.6 Å². The van der Waals surface area contributed by atoms with Gasteiger partial charge in [0.2, 0.25) is 0 Å². The van der Waals surface area contributed by atoms with E-state index in [-0.39, 0.29) is 0 Å². The van der Waals surface area contributed by atoms with Gasteiger partial charge in [-0.05, 0) is 63.0 Å². The van der Waals surface area contributed by atoms with E-state index >= 15 is 0 Å². The van der Waals surface area contributed by atoms with Gasteiger partial charge in [-0.2, -0.15) is 0 Å². The molecular formula is C24H30N4. The fourth-order valence-electron chi connectivity index (χ4n) is 4.21. The van der Waals surface area contributed by atoms with Gasteiger partial charge in [0.15, 0.2) is 0 Å². The van der Waals surface area contributed by atoms with Gasteiger partial charge in [0.1, 0.15) is 11.6 Å². The second-order valence-electron chi connectivity index (χ2n) is 7.69. The molecule has 28 heavy (non-hydrogen) atoms. The first kappa shape index (κ1) is 18.9. The third-order valence-corrected chi connectivity index (χ3v) is 5.82. The van der Waals surface area contributed by atoms with E-state index < -0.39 is 0 Å². The minimum atomic E-state index is 0.568. The molecule has 1 fully saturated rings. The van der Waals surface area contributed by atoms with Crippen LogP contribution in [0.25, 0.3) is 5.82 Å². The molecule has 146 valence electrons. The van der Waals surface area contributed by atoms with E-state index in [9.17, 15) is 0 Å². The molecule has 0 radical (unpaired) electrons. The first-order chi connectivity index (χ1) is 13.8. The molecule has 3 aromatic rings. The summed E-state index contributed by atoms with van der Waals surface area (Å²) in [5.41, 5.74) is 2.68. The van der Waals surface area contributed by atoms with Crippen LogP contribution in [0.5, 0.6) is 0 Å². The SMILES string of the molecule is CCc1nccn1-c1cccc(C2CCN(CCCc3ccccc3)CC2)n1. The lowest BCUT2D eigenvalue weighted by molar-refractivity contribution is 0.209. The molecule has 4 rings (SSSR count). The van der Waals surface area contributed by atoms with Gasteiger partial charge in [0.05, 0.1) is 0 Å². The molecule has 0 aliphatic carbocycles. The molecule has 1 aromatic carbocycles. The topological polar surface area (TPSA) is 34.0 Å². The number of hydrogen-bond acceptors (Lipinski definition) is 3. The van der Waals surface area contributed by atoms with Crippen LogP contribution in [-0.4, -0.2) is 39.1 Å². The summed E-state index contributed by atoms with van der Waals surface area (Å²) in [6, 6.07) is 17.2. The number of aryl methyl sites for hydroxylation is 2. The summed E-state index contributed by atoms with van der Waals surface area (Å²) < 4.78 is 2.11. The third kappa shape index (κ3) is 4.50. The number of hydrogen-bond donors (Lipinski definition) is 0. The van der Waals surface area contributed by atoms with Crippen molar-refractivity contribution in [2.75, 3.05) is 19.6 Å². The van der Waals surface area contributed by atoms with Crippen LogP contribution >= 0.6 is 0 Å². The highest BCUT2D eigenvalue weighted by Crippen LogP contribution is 2.27. The summed E-state index contributed by atoms with van der Waals surface area (Å²) in [4.78, 5) is 12.0. The molecule has 0 saturated carbocycles. The zero-order valence-electron chi connectivity index (χ0n) is 16.8. The van der Waals surface area contributed by atoms with E-state index in [1.54, 1.807) is 0 Å². The normalized spacial score (nSPS) is 15.8. The zero-order chi connectivity index (χ0) is 19.2. The van der Waals surface area contributed by atoms with Crippen LogP contribution < -0.4 is 0 Å². The lowest BCUT2D eigenvalue weighted by atomic mass is 9.93. The Kier molecular flexibility index (Phi) is 6.17. The van der Waals surface area contributed by atoms with Gasteiger partial charge in [-0.15, -0.1) is 0 Å². The molecule has 1 aliphatic heterocycles. The lowest BCUT2D eigenvalue weighted by Gasteiger charge is -2.31. The Morgan fingerprint density at radius 1 is 1.00 bits per heavy atom. The van der Waals surface area contributed by atoms with E-state index in [2.05, 4.69) is 69.9 Å². The fourth-order valence-corrected chi connectivity index (χ4v) is 4.21. The predicted molar refractivity (Wildman–Crippen MR) is 114 cm³/mol. The molecule has 2 aromatic heterocycles. The maximum atomic E-state index is 4.98. The molecule has 0 amide bonds. The largest absolute Gasteiger partial charge is 0.303 e. The number of nitrogens with zero attached hydrogens (tertiary/aromatic N) is 4. The van der Waals surface area contributed by atoms with Crippen molar-refractivity contribution in [2.45, 2.75) is 44.9 Å². The molecule has 4 nitrogen and oxygen atoms in total. The average Bonchev–Trinajstić information content (AvgIpc) is 3.24. The Hall–Kier alpha value is -2.46. The van der Waals surface area contributed by atoms with Gasteiger partial charge in [0, 0.05) is 30.4 Å². The second-order valence-corrected chi connectivity index (χ2v) is 7.69.